The van der Waals surface area contributed by atoms with Gasteiger partial charge in [-0.3, -0.25) is 14.4 Å². The van der Waals surface area contributed by atoms with Gasteiger partial charge in [0, 0.05) is 31.3 Å². The zero-order valence-electron chi connectivity index (χ0n) is 15.4. The molecule has 2 aromatic rings. The number of carbonyl (C=O) groups is 3. The lowest BCUT2D eigenvalue weighted by Crippen LogP contribution is -2.30. The highest BCUT2D eigenvalue weighted by Gasteiger charge is 2.37. The maximum atomic E-state index is 12.6. The van der Waals surface area contributed by atoms with E-state index in [1.165, 1.54) is 0 Å². The van der Waals surface area contributed by atoms with Crippen LogP contribution in [0.5, 0.6) is 0 Å². The third-order valence-electron chi connectivity index (χ3n) is 4.92. The quantitative estimate of drug-likeness (QED) is 0.855. The molecule has 2 aromatic carbocycles. The second kappa shape index (κ2) is 8.03. The maximum Gasteiger partial charge on any atom is 0.251 e. The first kappa shape index (κ1) is 18.6. The molecule has 2 atom stereocenters. The Hall–Kier alpha value is -3.15. The summed E-state index contributed by atoms with van der Waals surface area (Å²) in [5.41, 5.74) is 2.18. The van der Waals surface area contributed by atoms with Gasteiger partial charge in [0.1, 0.15) is 0 Å². The SMILES string of the molecule is CNC(=O)c1ccc(NC(=O)[C@@H]2CC(=O)N([C@H](C)c3ccccc3)C2)cc1. The van der Waals surface area contributed by atoms with E-state index in [1.54, 1.807) is 36.2 Å². The van der Waals surface area contributed by atoms with Crippen molar-refractivity contribution < 1.29 is 14.4 Å². The van der Waals surface area contributed by atoms with Crippen LogP contribution in [0.3, 0.4) is 0 Å². The number of benzene rings is 2. The predicted octanol–water partition coefficient (Wildman–Crippen LogP) is 2.59. The van der Waals surface area contributed by atoms with E-state index in [9.17, 15) is 14.4 Å². The van der Waals surface area contributed by atoms with Crippen molar-refractivity contribution in [3.63, 3.8) is 0 Å². The van der Waals surface area contributed by atoms with Crippen molar-refractivity contribution in [1.29, 1.82) is 0 Å². The molecule has 1 aliphatic rings. The first-order valence-corrected chi connectivity index (χ1v) is 8.97. The summed E-state index contributed by atoms with van der Waals surface area (Å²) in [6.45, 7) is 2.38. The molecule has 0 saturated carbocycles. The summed E-state index contributed by atoms with van der Waals surface area (Å²) in [5, 5.41) is 5.39. The molecule has 1 fully saturated rings. The highest BCUT2D eigenvalue weighted by Crippen LogP contribution is 2.29. The van der Waals surface area contributed by atoms with Crippen molar-refractivity contribution in [2.75, 3.05) is 18.9 Å². The van der Waals surface area contributed by atoms with Gasteiger partial charge in [-0.15, -0.1) is 0 Å². The van der Waals surface area contributed by atoms with Crippen molar-refractivity contribution in [2.24, 2.45) is 5.92 Å². The molecule has 0 unspecified atom stereocenters. The van der Waals surface area contributed by atoms with Crippen LogP contribution in [0.4, 0.5) is 5.69 Å². The molecule has 0 radical (unpaired) electrons. The molecule has 0 aromatic heterocycles. The van der Waals surface area contributed by atoms with Crippen molar-refractivity contribution in [1.82, 2.24) is 10.2 Å². The fraction of sp³-hybridized carbons (Fsp3) is 0.286. The van der Waals surface area contributed by atoms with Crippen LogP contribution in [0, 0.1) is 5.92 Å². The number of rotatable bonds is 5. The summed E-state index contributed by atoms with van der Waals surface area (Å²) >= 11 is 0. The van der Waals surface area contributed by atoms with E-state index >= 15 is 0 Å². The molecule has 140 valence electrons. The van der Waals surface area contributed by atoms with Crippen LogP contribution in [-0.4, -0.2) is 36.2 Å². The van der Waals surface area contributed by atoms with Crippen LogP contribution in [0.1, 0.15) is 35.3 Å². The first-order valence-electron chi connectivity index (χ1n) is 8.97. The molecule has 1 saturated heterocycles. The lowest BCUT2D eigenvalue weighted by molar-refractivity contribution is -0.129. The van der Waals surface area contributed by atoms with E-state index in [1.807, 2.05) is 37.3 Å². The average molecular weight is 365 g/mol. The van der Waals surface area contributed by atoms with Crippen molar-refractivity contribution in [2.45, 2.75) is 19.4 Å². The smallest absolute Gasteiger partial charge is 0.251 e. The summed E-state index contributed by atoms with van der Waals surface area (Å²) in [4.78, 5) is 38.3. The number of hydrogen-bond acceptors (Lipinski definition) is 3. The topological polar surface area (TPSA) is 78.5 Å². The number of nitrogens with one attached hydrogen (secondary N) is 2. The van der Waals surface area contributed by atoms with E-state index in [4.69, 9.17) is 0 Å². The Morgan fingerprint density at radius 3 is 2.37 bits per heavy atom. The standard InChI is InChI=1S/C21H23N3O3/c1-14(15-6-4-3-5-7-15)24-13-17(12-19(24)25)21(27)23-18-10-8-16(9-11-18)20(26)22-2/h3-11,14,17H,12-13H2,1-2H3,(H,22,26)(H,23,27)/t14-,17-/m1/s1. The molecular formula is C21H23N3O3. The van der Waals surface area contributed by atoms with E-state index in [0.29, 0.717) is 17.8 Å². The molecule has 3 amide bonds. The molecule has 2 N–H and O–H groups in total. The van der Waals surface area contributed by atoms with Crippen molar-refractivity contribution >= 4 is 23.4 Å². The van der Waals surface area contributed by atoms with Crippen LogP contribution in [0.25, 0.3) is 0 Å². The molecule has 27 heavy (non-hydrogen) atoms. The lowest BCUT2D eigenvalue weighted by atomic mass is 10.1. The predicted molar refractivity (Wildman–Crippen MR) is 103 cm³/mol. The first-order chi connectivity index (χ1) is 13.0. The Bertz CT molecular complexity index is 834. The minimum atomic E-state index is -0.387. The summed E-state index contributed by atoms with van der Waals surface area (Å²) in [5.74, 6) is -0.762. The molecule has 0 spiro atoms. The number of nitrogens with zero attached hydrogens (tertiary/aromatic N) is 1. The Morgan fingerprint density at radius 2 is 1.74 bits per heavy atom. The monoisotopic (exact) mass is 365 g/mol. The minimum absolute atomic E-state index is 0.0125. The molecule has 3 rings (SSSR count). The van der Waals surface area contributed by atoms with Gasteiger partial charge in [-0.2, -0.15) is 0 Å². The van der Waals surface area contributed by atoms with Crippen molar-refractivity contribution in [3.8, 4) is 0 Å². The van der Waals surface area contributed by atoms with Gasteiger partial charge < -0.3 is 15.5 Å². The largest absolute Gasteiger partial charge is 0.355 e. The number of hydrogen-bond donors (Lipinski definition) is 2. The van der Waals surface area contributed by atoms with Crippen LogP contribution in [-0.2, 0) is 9.59 Å². The van der Waals surface area contributed by atoms with Crippen LogP contribution in [0.15, 0.2) is 54.6 Å². The molecular weight excluding hydrogens is 342 g/mol. The normalized spacial score (nSPS) is 17.5. The highest BCUT2D eigenvalue weighted by molar-refractivity contribution is 5.98. The number of amides is 3. The van der Waals surface area contributed by atoms with Gasteiger partial charge in [-0.25, -0.2) is 0 Å². The lowest BCUT2D eigenvalue weighted by Gasteiger charge is -2.25. The number of likely N-dealkylation sites (tertiary alicyclic amines) is 1. The second-order valence-corrected chi connectivity index (χ2v) is 6.68. The van der Waals surface area contributed by atoms with Crippen LogP contribution in [0.2, 0.25) is 0 Å². The second-order valence-electron chi connectivity index (χ2n) is 6.68. The summed E-state index contributed by atoms with van der Waals surface area (Å²) in [7, 11) is 1.57. The zero-order valence-corrected chi connectivity index (χ0v) is 15.4. The maximum absolute atomic E-state index is 12.6. The average Bonchev–Trinajstić information content (AvgIpc) is 3.10. The van der Waals surface area contributed by atoms with Crippen LogP contribution >= 0.6 is 0 Å². The van der Waals surface area contributed by atoms with E-state index in [-0.39, 0.29) is 36.1 Å². The van der Waals surface area contributed by atoms with Gasteiger partial charge in [0.05, 0.1) is 12.0 Å². The molecule has 0 aliphatic carbocycles. The minimum Gasteiger partial charge on any atom is -0.355 e. The van der Waals surface area contributed by atoms with Crippen LogP contribution < -0.4 is 10.6 Å². The van der Waals surface area contributed by atoms with E-state index in [0.717, 1.165) is 5.56 Å². The zero-order chi connectivity index (χ0) is 19.4. The summed E-state index contributed by atoms with van der Waals surface area (Å²) < 4.78 is 0. The van der Waals surface area contributed by atoms with Gasteiger partial charge in [-0.1, -0.05) is 30.3 Å². The molecule has 1 aliphatic heterocycles. The van der Waals surface area contributed by atoms with Gasteiger partial charge in [0.25, 0.3) is 5.91 Å². The summed E-state index contributed by atoms with van der Waals surface area (Å²) in [6, 6.07) is 16.4. The fourth-order valence-corrected chi connectivity index (χ4v) is 3.29. The number of anilines is 1. The third kappa shape index (κ3) is 4.16. The van der Waals surface area contributed by atoms with E-state index in [2.05, 4.69) is 10.6 Å². The molecule has 1 heterocycles. The highest BCUT2D eigenvalue weighted by atomic mass is 16.2. The fourth-order valence-electron chi connectivity index (χ4n) is 3.29. The third-order valence-corrected chi connectivity index (χ3v) is 4.92. The van der Waals surface area contributed by atoms with Gasteiger partial charge in [0.2, 0.25) is 11.8 Å². The molecule has 6 heteroatoms. The number of carbonyl (C=O) groups excluding carboxylic acids is 3. The Balaban J connectivity index is 1.63. The molecule has 6 nitrogen and oxygen atoms in total. The Kier molecular flexibility index (Phi) is 5.54. The Morgan fingerprint density at radius 1 is 1.07 bits per heavy atom. The van der Waals surface area contributed by atoms with E-state index < -0.39 is 0 Å². The summed E-state index contributed by atoms with van der Waals surface area (Å²) in [6.07, 6.45) is 0.208. The van der Waals surface area contributed by atoms with Gasteiger partial charge in [0.15, 0.2) is 0 Å². The van der Waals surface area contributed by atoms with Gasteiger partial charge >= 0.3 is 0 Å². The Labute approximate surface area is 158 Å². The molecule has 0 bridgehead atoms. The van der Waals surface area contributed by atoms with Gasteiger partial charge in [-0.05, 0) is 36.8 Å². The van der Waals surface area contributed by atoms with Crippen molar-refractivity contribution in [3.05, 3.63) is 65.7 Å².